The molecule has 2 N–H and O–H groups in total. The molecule has 12 heteroatoms. The van der Waals surface area contributed by atoms with Gasteiger partial charge in [-0.05, 0) is 91.7 Å². The Morgan fingerprint density at radius 2 is 1.46 bits per heavy atom. The SMILES string of the molecule is COc1ccc(N(CC(=O)Nc2ccc(S(=O)(=O)Nc3ccc(C)c(C)c3)cc2)S(=O)(=O)c2ccccc2)cc1Cl. The third-order valence-electron chi connectivity index (χ3n) is 6.25. The molecular formula is C29H28ClN3O6S2. The second kappa shape index (κ2) is 12.2. The Bertz CT molecular complexity index is 1780. The summed E-state index contributed by atoms with van der Waals surface area (Å²) in [6.45, 7) is 3.25. The highest BCUT2D eigenvalue weighted by Crippen LogP contribution is 2.32. The molecule has 0 spiro atoms. The van der Waals surface area contributed by atoms with E-state index >= 15 is 0 Å². The number of ether oxygens (including phenoxy) is 1. The first-order valence-corrected chi connectivity index (χ1v) is 15.6. The highest BCUT2D eigenvalue weighted by Gasteiger charge is 2.28. The van der Waals surface area contributed by atoms with Gasteiger partial charge in [-0.1, -0.05) is 35.9 Å². The van der Waals surface area contributed by atoms with Crippen LogP contribution in [0.25, 0.3) is 0 Å². The molecule has 4 aromatic rings. The van der Waals surface area contributed by atoms with Gasteiger partial charge < -0.3 is 10.1 Å². The fourth-order valence-electron chi connectivity index (χ4n) is 3.91. The lowest BCUT2D eigenvalue weighted by molar-refractivity contribution is -0.114. The maximum atomic E-state index is 13.5. The van der Waals surface area contributed by atoms with Gasteiger partial charge in [-0.3, -0.25) is 13.8 Å². The molecule has 1 amide bonds. The Hall–Kier alpha value is -4.06. The lowest BCUT2D eigenvalue weighted by Gasteiger charge is -2.24. The van der Waals surface area contributed by atoms with Crippen molar-refractivity contribution in [2.75, 3.05) is 28.0 Å². The summed E-state index contributed by atoms with van der Waals surface area (Å²) in [6, 6.07) is 22.9. The number of benzene rings is 4. The summed E-state index contributed by atoms with van der Waals surface area (Å²) >= 11 is 6.25. The third kappa shape index (κ3) is 6.99. The molecule has 4 rings (SSSR count). The van der Waals surface area contributed by atoms with Crippen molar-refractivity contribution in [2.24, 2.45) is 0 Å². The molecule has 41 heavy (non-hydrogen) atoms. The van der Waals surface area contributed by atoms with E-state index in [1.54, 1.807) is 30.3 Å². The van der Waals surface area contributed by atoms with Crippen LogP contribution in [0, 0.1) is 13.8 Å². The number of hydrogen-bond donors (Lipinski definition) is 2. The van der Waals surface area contributed by atoms with Crippen LogP contribution in [0.4, 0.5) is 17.1 Å². The first kappa shape index (κ1) is 29.9. The van der Waals surface area contributed by atoms with Crippen molar-refractivity contribution < 1.29 is 26.4 Å². The quantitative estimate of drug-likeness (QED) is 0.240. The average Bonchev–Trinajstić information content (AvgIpc) is 2.94. The van der Waals surface area contributed by atoms with Crippen LogP contribution in [0.15, 0.2) is 101 Å². The highest BCUT2D eigenvalue weighted by molar-refractivity contribution is 7.93. The summed E-state index contributed by atoms with van der Waals surface area (Å²) in [4.78, 5) is 13.0. The molecule has 0 unspecified atom stereocenters. The maximum Gasteiger partial charge on any atom is 0.264 e. The normalized spacial score (nSPS) is 11.5. The molecular weight excluding hydrogens is 586 g/mol. The number of nitrogens with zero attached hydrogens (tertiary/aromatic N) is 1. The van der Waals surface area contributed by atoms with E-state index in [9.17, 15) is 21.6 Å². The van der Waals surface area contributed by atoms with Crippen LogP contribution in [0.2, 0.25) is 5.02 Å². The number of hydrogen-bond acceptors (Lipinski definition) is 6. The number of rotatable bonds is 10. The number of anilines is 3. The van der Waals surface area contributed by atoms with Gasteiger partial charge in [0.15, 0.2) is 0 Å². The van der Waals surface area contributed by atoms with E-state index in [-0.39, 0.29) is 26.2 Å². The van der Waals surface area contributed by atoms with Crippen LogP contribution < -0.4 is 19.1 Å². The van der Waals surface area contributed by atoms with Crippen molar-refractivity contribution in [3.05, 3.63) is 107 Å². The van der Waals surface area contributed by atoms with E-state index in [1.807, 2.05) is 19.9 Å². The van der Waals surface area contributed by atoms with Gasteiger partial charge in [0.25, 0.3) is 20.0 Å². The highest BCUT2D eigenvalue weighted by atomic mass is 35.5. The predicted octanol–water partition coefficient (Wildman–Crippen LogP) is 5.60. The molecule has 0 aliphatic heterocycles. The molecule has 0 aliphatic carbocycles. The summed E-state index contributed by atoms with van der Waals surface area (Å²) in [6.07, 6.45) is 0. The zero-order valence-electron chi connectivity index (χ0n) is 22.5. The van der Waals surface area contributed by atoms with E-state index in [0.717, 1.165) is 15.4 Å². The van der Waals surface area contributed by atoms with E-state index in [1.165, 1.54) is 61.7 Å². The zero-order valence-corrected chi connectivity index (χ0v) is 24.8. The largest absolute Gasteiger partial charge is 0.495 e. The number of sulfonamides is 2. The molecule has 0 fully saturated rings. The molecule has 0 aliphatic rings. The summed E-state index contributed by atoms with van der Waals surface area (Å²) in [5, 5.41) is 2.80. The molecule has 214 valence electrons. The molecule has 0 saturated carbocycles. The molecule has 0 aromatic heterocycles. The second-order valence-electron chi connectivity index (χ2n) is 9.12. The van der Waals surface area contributed by atoms with Crippen LogP contribution in [-0.2, 0) is 24.8 Å². The Morgan fingerprint density at radius 1 is 0.805 bits per heavy atom. The second-order valence-corrected chi connectivity index (χ2v) is 13.1. The van der Waals surface area contributed by atoms with Gasteiger partial charge in [0.2, 0.25) is 5.91 Å². The summed E-state index contributed by atoms with van der Waals surface area (Å²) < 4.78 is 61.4. The van der Waals surface area contributed by atoms with Crippen molar-refractivity contribution in [3.8, 4) is 5.75 Å². The molecule has 0 bridgehead atoms. The molecule has 9 nitrogen and oxygen atoms in total. The van der Waals surface area contributed by atoms with Gasteiger partial charge in [0.05, 0.1) is 27.6 Å². The summed E-state index contributed by atoms with van der Waals surface area (Å²) in [5.74, 6) is -0.306. The van der Waals surface area contributed by atoms with E-state index in [4.69, 9.17) is 16.3 Å². The smallest absolute Gasteiger partial charge is 0.264 e. The number of aryl methyl sites for hydroxylation is 2. The van der Waals surface area contributed by atoms with Crippen molar-refractivity contribution in [1.82, 2.24) is 0 Å². The Balaban J connectivity index is 1.54. The van der Waals surface area contributed by atoms with Crippen LogP contribution in [0.3, 0.4) is 0 Å². The summed E-state index contributed by atoms with van der Waals surface area (Å²) in [7, 11) is -6.60. The van der Waals surface area contributed by atoms with Gasteiger partial charge in [0, 0.05) is 11.4 Å². The van der Waals surface area contributed by atoms with Crippen LogP contribution in [0.1, 0.15) is 11.1 Å². The average molecular weight is 614 g/mol. The van der Waals surface area contributed by atoms with E-state index in [0.29, 0.717) is 11.4 Å². The minimum atomic E-state index is -4.15. The van der Waals surface area contributed by atoms with Gasteiger partial charge in [0.1, 0.15) is 12.3 Å². The van der Waals surface area contributed by atoms with E-state index in [2.05, 4.69) is 10.0 Å². The summed E-state index contributed by atoms with van der Waals surface area (Å²) in [5.41, 5.74) is 2.87. The van der Waals surface area contributed by atoms with E-state index < -0.39 is 32.5 Å². The minimum Gasteiger partial charge on any atom is -0.495 e. The van der Waals surface area contributed by atoms with Crippen molar-refractivity contribution >= 4 is 54.6 Å². The van der Waals surface area contributed by atoms with Crippen molar-refractivity contribution in [2.45, 2.75) is 23.6 Å². The standard InChI is InChI=1S/C29H28ClN3O6S2/c1-20-9-10-23(17-21(20)2)32-40(35,36)25-14-11-22(12-15-25)31-29(34)19-33(24-13-16-28(39-3)27(30)18-24)41(37,38)26-7-5-4-6-8-26/h4-18,32H,19H2,1-3H3,(H,31,34). The fraction of sp³-hybridized carbons (Fsp3) is 0.138. The lowest BCUT2D eigenvalue weighted by atomic mass is 10.1. The van der Waals surface area contributed by atoms with Gasteiger partial charge in [-0.15, -0.1) is 0 Å². The van der Waals surface area contributed by atoms with Crippen LogP contribution in [-0.4, -0.2) is 36.4 Å². The number of carbonyl (C=O) groups excluding carboxylic acids is 1. The molecule has 0 atom stereocenters. The number of methoxy groups -OCH3 is 1. The molecule has 4 aromatic carbocycles. The number of halogens is 1. The van der Waals surface area contributed by atoms with Crippen LogP contribution >= 0.6 is 11.6 Å². The minimum absolute atomic E-state index is 0.00474. The van der Waals surface area contributed by atoms with Crippen molar-refractivity contribution in [1.29, 1.82) is 0 Å². The predicted molar refractivity (Wildman–Crippen MR) is 161 cm³/mol. The van der Waals surface area contributed by atoms with Crippen molar-refractivity contribution in [3.63, 3.8) is 0 Å². The first-order valence-electron chi connectivity index (χ1n) is 12.3. The van der Waals surface area contributed by atoms with Gasteiger partial charge in [-0.25, -0.2) is 16.8 Å². The topological polar surface area (TPSA) is 122 Å². The number of nitrogens with one attached hydrogen (secondary N) is 2. The molecule has 0 saturated heterocycles. The third-order valence-corrected chi connectivity index (χ3v) is 9.73. The monoisotopic (exact) mass is 613 g/mol. The fourth-order valence-corrected chi connectivity index (χ4v) is 6.65. The Morgan fingerprint density at radius 3 is 2.07 bits per heavy atom. The zero-order chi connectivity index (χ0) is 29.8. The lowest BCUT2D eigenvalue weighted by Crippen LogP contribution is -2.38. The maximum absolute atomic E-state index is 13.5. The Kier molecular flexibility index (Phi) is 8.91. The Labute approximate surface area is 244 Å². The number of amides is 1. The van der Waals surface area contributed by atoms with Gasteiger partial charge in [-0.2, -0.15) is 0 Å². The molecule has 0 radical (unpaired) electrons. The van der Waals surface area contributed by atoms with Crippen LogP contribution in [0.5, 0.6) is 5.75 Å². The number of carbonyl (C=O) groups is 1. The molecule has 0 heterocycles. The van der Waals surface area contributed by atoms with Gasteiger partial charge >= 0.3 is 0 Å². The first-order chi connectivity index (χ1) is 19.4.